The summed E-state index contributed by atoms with van der Waals surface area (Å²) in [5.41, 5.74) is 11.3. The number of hydrogen-bond donors (Lipinski definition) is 0. The van der Waals surface area contributed by atoms with E-state index in [0.717, 1.165) is 19.3 Å². The first-order valence-corrected chi connectivity index (χ1v) is 13.2. The third-order valence-corrected chi connectivity index (χ3v) is 8.56. The van der Waals surface area contributed by atoms with Crippen molar-refractivity contribution in [2.24, 2.45) is 0 Å². The fourth-order valence-corrected chi connectivity index (χ4v) is 7.06. The Morgan fingerprint density at radius 2 is 1.15 bits per heavy atom. The molecule has 3 aromatic rings. The van der Waals surface area contributed by atoms with Crippen LogP contribution in [0.2, 0.25) is 0 Å². The van der Waals surface area contributed by atoms with Gasteiger partial charge in [-0.15, -0.1) is 6.04 Å². The molecule has 3 aromatic carbocycles. The smallest absolute Gasteiger partial charge is 0 e. The molecule has 2 aliphatic carbocycles. The van der Waals surface area contributed by atoms with Crippen LogP contribution in [0, 0.1) is 0 Å². The van der Waals surface area contributed by atoms with Crippen LogP contribution in [0.25, 0.3) is 5.73 Å². The molecule has 1 radical (unpaired) electrons. The second-order valence-electron chi connectivity index (χ2n) is 8.40. The molecular formula is C30H33NPRh-. The fraction of sp³-hybridized carbons (Fsp3) is 0.267. The largest absolute Gasteiger partial charge is 0.671 e. The van der Waals surface area contributed by atoms with Crippen LogP contribution in [-0.4, -0.2) is 0 Å². The van der Waals surface area contributed by atoms with E-state index < -0.39 is 7.92 Å². The zero-order chi connectivity index (χ0) is 22.0. The molecule has 173 valence electrons. The van der Waals surface area contributed by atoms with Gasteiger partial charge in [-0.1, -0.05) is 122 Å². The molecule has 0 aliphatic heterocycles. The van der Waals surface area contributed by atoms with Crippen LogP contribution < -0.4 is 15.9 Å². The van der Waals surface area contributed by atoms with Crippen molar-refractivity contribution in [3.8, 4) is 0 Å². The zero-order valence-electron chi connectivity index (χ0n) is 19.1. The summed E-state index contributed by atoms with van der Waals surface area (Å²) in [4.78, 5) is 0. The Morgan fingerprint density at radius 1 is 0.636 bits per heavy atom. The molecule has 0 saturated carbocycles. The molecular weight excluding hydrogens is 508 g/mol. The molecule has 2 aliphatic rings. The van der Waals surface area contributed by atoms with Gasteiger partial charge in [-0.2, -0.15) is 0 Å². The van der Waals surface area contributed by atoms with Gasteiger partial charge in [0.1, 0.15) is 0 Å². The maximum atomic E-state index is 8.62. The third kappa shape index (κ3) is 7.07. The first kappa shape index (κ1) is 25.8. The van der Waals surface area contributed by atoms with Gasteiger partial charge in [0.15, 0.2) is 0 Å². The summed E-state index contributed by atoms with van der Waals surface area (Å²) < 4.78 is 0. The number of fused-ring (bicyclic) bond motifs is 1. The minimum absolute atomic E-state index is 0. The van der Waals surface area contributed by atoms with Crippen LogP contribution in [0.1, 0.15) is 55.7 Å². The van der Waals surface area contributed by atoms with Crippen molar-refractivity contribution in [1.29, 1.82) is 0 Å². The summed E-state index contributed by atoms with van der Waals surface area (Å²) in [5.74, 6) is 0. The topological polar surface area (TPSA) is 23.8 Å². The van der Waals surface area contributed by atoms with E-state index in [2.05, 4.69) is 103 Å². The van der Waals surface area contributed by atoms with Gasteiger partial charge in [-0.3, -0.25) is 0 Å². The SMILES string of the molecule is C1=CCC/C=C\CC1.[NH-][C@@H]1CCCc2cccc(P(c3ccccc3)c3ccccc3)c21.[Rh]. The van der Waals surface area contributed by atoms with Crippen molar-refractivity contribution in [1.82, 2.24) is 0 Å². The molecule has 1 nitrogen and oxygen atoms in total. The Bertz CT molecular complexity index is 964. The summed E-state index contributed by atoms with van der Waals surface area (Å²) in [5, 5.41) is 4.11. The van der Waals surface area contributed by atoms with Crippen molar-refractivity contribution in [3.63, 3.8) is 0 Å². The van der Waals surface area contributed by atoms with Crippen LogP contribution in [0.3, 0.4) is 0 Å². The van der Waals surface area contributed by atoms with Crippen LogP contribution in [0.15, 0.2) is 103 Å². The summed E-state index contributed by atoms with van der Waals surface area (Å²) >= 11 is 0. The molecule has 0 amide bonds. The standard InChI is InChI=1S/C22H21NP.C8H12.Rh/c23-20-15-7-9-17-10-8-16-21(22(17)20)24(18-11-3-1-4-12-18)19-13-5-2-6-14-19;1-2-4-6-8-7-5-3-1;/h1-6,8,10-14,16,20,23H,7,9,15H2;1-2,7-8H,3-6H2;/q-1;;/b;2-1-,8-7?;/t20-;;/m1../s1. The third-order valence-electron chi connectivity index (χ3n) is 6.06. The van der Waals surface area contributed by atoms with E-state index in [-0.39, 0.29) is 25.5 Å². The van der Waals surface area contributed by atoms with Gasteiger partial charge in [0, 0.05) is 19.5 Å². The minimum atomic E-state index is -0.607. The minimum Gasteiger partial charge on any atom is -0.671 e. The second kappa shape index (κ2) is 13.8. The number of nitrogens with one attached hydrogen (secondary N) is 1. The number of allylic oxidation sites excluding steroid dienone is 4. The van der Waals surface area contributed by atoms with E-state index >= 15 is 0 Å². The van der Waals surface area contributed by atoms with E-state index in [9.17, 15) is 0 Å². The van der Waals surface area contributed by atoms with E-state index in [4.69, 9.17) is 5.73 Å². The normalized spacial score (nSPS) is 18.1. The maximum absolute atomic E-state index is 8.62. The molecule has 0 saturated heterocycles. The van der Waals surface area contributed by atoms with Crippen molar-refractivity contribution in [2.75, 3.05) is 0 Å². The second-order valence-corrected chi connectivity index (χ2v) is 10.6. The van der Waals surface area contributed by atoms with Crippen LogP contribution in [-0.2, 0) is 25.9 Å². The molecule has 0 spiro atoms. The summed E-state index contributed by atoms with van der Waals surface area (Å²) in [6.45, 7) is 0. The number of rotatable bonds is 3. The molecule has 5 rings (SSSR count). The Morgan fingerprint density at radius 3 is 1.67 bits per heavy atom. The van der Waals surface area contributed by atoms with Gasteiger partial charge in [0.25, 0.3) is 0 Å². The van der Waals surface area contributed by atoms with Crippen LogP contribution >= 0.6 is 7.92 Å². The van der Waals surface area contributed by atoms with Crippen LogP contribution in [0.5, 0.6) is 0 Å². The Hall–Kier alpha value is -1.85. The first-order valence-electron chi connectivity index (χ1n) is 11.9. The first-order chi connectivity index (χ1) is 15.8. The molecule has 0 aromatic heterocycles. The molecule has 1 atom stereocenters. The van der Waals surface area contributed by atoms with Crippen molar-refractivity contribution >= 4 is 23.8 Å². The number of aryl methyl sites for hydroxylation is 1. The molecule has 1 N–H and O–H groups in total. The van der Waals surface area contributed by atoms with Gasteiger partial charge < -0.3 is 5.73 Å². The molecule has 0 heterocycles. The maximum Gasteiger partial charge on any atom is 0 e. The Kier molecular flexibility index (Phi) is 10.7. The van der Waals surface area contributed by atoms with Gasteiger partial charge in [-0.05, 0) is 61.5 Å². The summed E-state index contributed by atoms with van der Waals surface area (Å²) in [6.07, 6.45) is 17.2. The number of benzene rings is 3. The van der Waals surface area contributed by atoms with Gasteiger partial charge >= 0.3 is 0 Å². The predicted octanol–water partition coefficient (Wildman–Crippen LogP) is 7.54. The van der Waals surface area contributed by atoms with Gasteiger partial charge in [0.05, 0.1) is 0 Å². The monoisotopic (exact) mass is 541 g/mol. The molecule has 33 heavy (non-hydrogen) atoms. The van der Waals surface area contributed by atoms with Gasteiger partial charge in [0.2, 0.25) is 0 Å². The van der Waals surface area contributed by atoms with E-state index in [1.807, 2.05) is 0 Å². The molecule has 3 heteroatoms. The zero-order valence-corrected chi connectivity index (χ0v) is 21.7. The van der Waals surface area contributed by atoms with Crippen molar-refractivity contribution in [3.05, 3.63) is 120 Å². The average Bonchev–Trinajstić information content (AvgIpc) is 2.81. The Labute approximate surface area is 213 Å². The van der Waals surface area contributed by atoms with Gasteiger partial charge in [-0.25, -0.2) is 0 Å². The fourth-order valence-electron chi connectivity index (χ4n) is 4.49. The molecule has 0 bridgehead atoms. The van der Waals surface area contributed by atoms with Crippen molar-refractivity contribution < 1.29 is 19.5 Å². The van der Waals surface area contributed by atoms with E-state index in [1.54, 1.807) is 0 Å². The van der Waals surface area contributed by atoms with E-state index in [0.29, 0.717) is 0 Å². The molecule has 0 fully saturated rings. The summed E-state index contributed by atoms with van der Waals surface area (Å²) in [7, 11) is -0.607. The average molecular weight is 541 g/mol. The number of hydrogen-bond acceptors (Lipinski definition) is 0. The Balaban J connectivity index is 0.000000290. The van der Waals surface area contributed by atoms with Crippen molar-refractivity contribution in [2.45, 2.75) is 51.0 Å². The molecule has 0 unspecified atom stereocenters. The summed E-state index contributed by atoms with van der Waals surface area (Å²) in [6, 6.07) is 28.2. The predicted molar refractivity (Wildman–Crippen MR) is 142 cm³/mol. The van der Waals surface area contributed by atoms with E-state index in [1.165, 1.54) is 52.7 Å². The van der Waals surface area contributed by atoms with Crippen LogP contribution in [0.4, 0.5) is 0 Å². The quantitative estimate of drug-likeness (QED) is 0.186.